The molecule has 1 aromatic carbocycles. The first kappa shape index (κ1) is 16.3. The average molecular weight is 312 g/mol. The van der Waals surface area contributed by atoms with Crippen molar-refractivity contribution >= 4 is 18.4 Å². The lowest BCUT2D eigenvalue weighted by atomic mass is 9.72. The summed E-state index contributed by atoms with van der Waals surface area (Å²) < 4.78 is 5.43. The van der Waals surface area contributed by atoms with Crippen LogP contribution in [0.15, 0.2) is 30.3 Å². The standard InChI is InChI=1S/C16H21NO3.ClH/c18-15(19)14-11-17(10-13-4-2-1-3-5-13)12-16(14)6-8-20-9-7-16;/h1-5,14H,6-12H2,(H,18,19);1H. The van der Waals surface area contributed by atoms with Gasteiger partial charge in [0.05, 0.1) is 5.92 Å². The normalized spacial score (nSPS) is 24.7. The van der Waals surface area contributed by atoms with Gasteiger partial charge in [0.15, 0.2) is 0 Å². The molecule has 2 saturated heterocycles. The van der Waals surface area contributed by atoms with Crippen LogP contribution < -0.4 is 0 Å². The predicted octanol–water partition coefficient (Wildman–Crippen LogP) is 2.42. The molecular weight excluding hydrogens is 290 g/mol. The first-order valence-electron chi connectivity index (χ1n) is 7.26. The summed E-state index contributed by atoms with van der Waals surface area (Å²) in [5, 5.41) is 9.55. The van der Waals surface area contributed by atoms with Crippen LogP contribution in [0.4, 0.5) is 0 Å². The topological polar surface area (TPSA) is 49.8 Å². The van der Waals surface area contributed by atoms with Gasteiger partial charge in [-0.3, -0.25) is 9.69 Å². The van der Waals surface area contributed by atoms with E-state index in [0.717, 1.165) is 25.9 Å². The van der Waals surface area contributed by atoms with Crippen LogP contribution in [-0.2, 0) is 16.1 Å². The lowest BCUT2D eigenvalue weighted by Crippen LogP contribution is -2.40. The molecule has 3 rings (SSSR count). The minimum Gasteiger partial charge on any atom is -0.481 e. The van der Waals surface area contributed by atoms with Gasteiger partial charge in [-0.05, 0) is 18.4 Å². The van der Waals surface area contributed by atoms with Crippen molar-refractivity contribution in [2.24, 2.45) is 11.3 Å². The second-order valence-electron chi connectivity index (χ2n) is 6.02. The molecule has 1 spiro atoms. The van der Waals surface area contributed by atoms with Crippen molar-refractivity contribution in [3.05, 3.63) is 35.9 Å². The quantitative estimate of drug-likeness (QED) is 0.931. The van der Waals surface area contributed by atoms with E-state index < -0.39 is 5.97 Å². The number of halogens is 1. The number of hydrogen-bond donors (Lipinski definition) is 1. The third kappa shape index (κ3) is 3.39. The molecule has 1 N–H and O–H groups in total. The zero-order chi connectivity index (χ0) is 14.0. The van der Waals surface area contributed by atoms with Crippen LogP contribution >= 0.6 is 12.4 Å². The molecule has 1 unspecified atom stereocenters. The summed E-state index contributed by atoms with van der Waals surface area (Å²) in [7, 11) is 0. The Bertz CT molecular complexity index is 474. The van der Waals surface area contributed by atoms with Gasteiger partial charge in [-0.2, -0.15) is 0 Å². The number of carbonyl (C=O) groups is 1. The predicted molar refractivity (Wildman–Crippen MR) is 82.6 cm³/mol. The first-order valence-corrected chi connectivity index (χ1v) is 7.26. The number of carboxylic acids is 1. The van der Waals surface area contributed by atoms with Gasteiger partial charge >= 0.3 is 5.97 Å². The molecule has 0 radical (unpaired) electrons. The molecule has 0 aromatic heterocycles. The molecular formula is C16H22ClNO3. The van der Waals surface area contributed by atoms with E-state index in [4.69, 9.17) is 4.74 Å². The third-order valence-corrected chi connectivity index (χ3v) is 4.75. The number of rotatable bonds is 3. The lowest BCUT2D eigenvalue weighted by Gasteiger charge is -2.36. The maximum Gasteiger partial charge on any atom is 0.308 e. The van der Waals surface area contributed by atoms with Crippen LogP contribution in [0, 0.1) is 11.3 Å². The van der Waals surface area contributed by atoms with E-state index in [1.165, 1.54) is 5.56 Å². The molecule has 2 aliphatic rings. The van der Waals surface area contributed by atoms with E-state index in [1.807, 2.05) is 18.2 Å². The van der Waals surface area contributed by atoms with Gasteiger partial charge in [0.25, 0.3) is 0 Å². The Labute approximate surface area is 131 Å². The Morgan fingerprint density at radius 3 is 2.57 bits per heavy atom. The van der Waals surface area contributed by atoms with E-state index in [2.05, 4.69) is 17.0 Å². The van der Waals surface area contributed by atoms with Crippen molar-refractivity contribution in [2.75, 3.05) is 26.3 Å². The van der Waals surface area contributed by atoms with E-state index >= 15 is 0 Å². The molecule has 116 valence electrons. The fraction of sp³-hybridized carbons (Fsp3) is 0.562. The highest BCUT2D eigenvalue weighted by molar-refractivity contribution is 5.85. The number of carboxylic acid groups (broad SMARTS) is 1. The fourth-order valence-corrected chi connectivity index (χ4v) is 3.66. The smallest absolute Gasteiger partial charge is 0.308 e. The van der Waals surface area contributed by atoms with Crippen molar-refractivity contribution in [1.82, 2.24) is 4.90 Å². The Hall–Kier alpha value is -1.10. The van der Waals surface area contributed by atoms with Crippen molar-refractivity contribution < 1.29 is 14.6 Å². The monoisotopic (exact) mass is 311 g/mol. The van der Waals surface area contributed by atoms with Gasteiger partial charge in [-0.25, -0.2) is 0 Å². The second-order valence-corrected chi connectivity index (χ2v) is 6.02. The minimum absolute atomic E-state index is 0. The SMILES string of the molecule is Cl.O=C(O)C1CN(Cc2ccccc2)CC12CCOCC2. The number of nitrogens with zero attached hydrogens (tertiary/aromatic N) is 1. The second kappa shape index (κ2) is 6.77. The molecule has 21 heavy (non-hydrogen) atoms. The molecule has 4 nitrogen and oxygen atoms in total. The van der Waals surface area contributed by atoms with Crippen molar-refractivity contribution in [1.29, 1.82) is 0 Å². The van der Waals surface area contributed by atoms with Crippen molar-refractivity contribution in [2.45, 2.75) is 19.4 Å². The number of likely N-dealkylation sites (tertiary alicyclic amines) is 1. The highest BCUT2D eigenvalue weighted by Gasteiger charge is 2.50. The molecule has 2 heterocycles. The maximum atomic E-state index is 11.6. The van der Waals surface area contributed by atoms with Crippen molar-refractivity contribution in [3.8, 4) is 0 Å². The van der Waals surface area contributed by atoms with E-state index in [9.17, 15) is 9.90 Å². The number of aliphatic carboxylic acids is 1. The summed E-state index contributed by atoms with van der Waals surface area (Å²) in [5.41, 5.74) is 1.17. The molecule has 0 amide bonds. The molecule has 0 aliphatic carbocycles. The molecule has 5 heteroatoms. The third-order valence-electron chi connectivity index (χ3n) is 4.75. The van der Waals surface area contributed by atoms with Crippen LogP contribution in [0.3, 0.4) is 0 Å². The number of hydrogen-bond acceptors (Lipinski definition) is 3. The van der Waals surface area contributed by atoms with Gasteiger partial charge in [0.2, 0.25) is 0 Å². The average Bonchev–Trinajstić information content (AvgIpc) is 2.79. The van der Waals surface area contributed by atoms with Crippen LogP contribution in [0.25, 0.3) is 0 Å². The number of benzene rings is 1. The molecule has 0 bridgehead atoms. The largest absolute Gasteiger partial charge is 0.481 e. The summed E-state index contributed by atoms with van der Waals surface area (Å²) in [4.78, 5) is 13.9. The van der Waals surface area contributed by atoms with Gasteiger partial charge < -0.3 is 9.84 Å². The Balaban J connectivity index is 0.00000161. The van der Waals surface area contributed by atoms with Crippen molar-refractivity contribution in [3.63, 3.8) is 0 Å². The maximum absolute atomic E-state index is 11.6. The van der Waals surface area contributed by atoms with Crippen LogP contribution in [0.2, 0.25) is 0 Å². The first-order chi connectivity index (χ1) is 9.70. The van der Waals surface area contributed by atoms with Crippen LogP contribution in [-0.4, -0.2) is 42.3 Å². The molecule has 0 saturated carbocycles. The molecule has 1 atom stereocenters. The Morgan fingerprint density at radius 2 is 1.95 bits per heavy atom. The molecule has 2 aliphatic heterocycles. The Morgan fingerprint density at radius 1 is 1.29 bits per heavy atom. The van der Waals surface area contributed by atoms with Gasteiger partial charge in [0, 0.05) is 38.3 Å². The zero-order valence-electron chi connectivity index (χ0n) is 12.0. The summed E-state index contributed by atoms with van der Waals surface area (Å²) in [5.74, 6) is -0.905. The summed E-state index contributed by atoms with van der Waals surface area (Å²) in [6.45, 7) is 3.77. The highest BCUT2D eigenvalue weighted by atomic mass is 35.5. The van der Waals surface area contributed by atoms with Crippen LogP contribution in [0.5, 0.6) is 0 Å². The van der Waals surface area contributed by atoms with Gasteiger partial charge in [-0.15, -0.1) is 12.4 Å². The minimum atomic E-state index is -0.650. The van der Waals surface area contributed by atoms with Gasteiger partial charge in [0.1, 0.15) is 0 Å². The Kier molecular flexibility index (Phi) is 5.25. The van der Waals surface area contributed by atoms with E-state index in [1.54, 1.807) is 0 Å². The lowest BCUT2D eigenvalue weighted by molar-refractivity contribution is -0.146. The van der Waals surface area contributed by atoms with Crippen LogP contribution in [0.1, 0.15) is 18.4 Å². The summed E-state index contributed by atoms with van der Waals surface area (Å²) in [6, 6.07) is 10.3. The van der Waals surface area contributed by atoms with E-state index in [0.29, 0.717) is 19.8 Å². The highest BCUT2D eigenvalue weighted by Crippen LogP contribution is 2.44. The fourth-order valence-electron chi connectivity index (χ4n) is 3.66. The van der Waals surface area contributed by atoms with Gasteiger partial charge in [-0.1, -0.05) is 30.3 Å². The summed E-state index contributed by atoms with van der Waals surface area (Å²) >= 11 is 0. The van der Waals surface area contributed by atoms with E-state index in [-0.39, 0.29) is 23.7 Å². The summed E-state index contributed by atoms with van der Waals surface area (Å²) in [6.07, 6.45) is 1.74. The number of ether oxygens (including phenoxy) is 1. The molecule has 1 aromatic rings. The zero-order valence-corrected chi connectivity index (χ0v) is 12.8. The molecule has 2 fully saturated rings.